The number of rotatable bonds is 19. The Labute approximate surface area is 187 Å². The van der Waals surface area contributed by atoms with Gasteiger partial charge in [-0.15, -0.1) is 0 Å². The van der Waals surface area contributed by atoms with Crippen molar-refractivity contribution in [3.63, 3.8) is 0 Å². The normalized spacial score (nSPS) is 11.9. The summed E-state index contributed by atoms with van der Waals surface area (Å²) in [6.45, 7) is 4.88. The molecule has 8 nitrogen and oxygen atoms in total. The van der Waals surface area contributed by atoms with E-state index in [1.54, 1.807) is 42.7 Å². The van der Waals surface area contributed by atoms with E-state index < -0.39 is 0 Å². The van der Waals surface area contributed by atoms with E-state index in [2.05, 4.69) is 12.1 Å². The summed E-state index contributed by atoms with van der Waals surface area (Å²) >= 11 is 0. The zero-order valence-electron chi connectivity index (χ0n) is 20.0. The van der Waals surface area contributed by atoms with E-state index in [9.17, 15) is 0 Å². The molecule has 0 atom stereocenters. The second kappa shape index (κ2) is 16.5. The van der Waals surface area contributed by atoms with Gasteiger partial charge in [0.05, 0.1) is 71.5 Å². The molecule has 180 valence electrons. The van der Waals surface area contributed by atoms with Crippen LogP contribution in [0.1, 0.15) is 22.3 Å². The van der Waals surface area contributed by atoms with Crippen molar-refractivity contribution in [2.45, 2.75) is 26.4 Å². The highest BCUT2D eigenvalue weighted by molar-refractivity contribution is 5.37. The second-order valence-corrected chi connectivity index (χ2v) is 7.59. The molecule has 8 heteroatoms. The van der Waals surface area contributed by atoms with Crippen molar-refractivity contribution in [2.75, 3.05) is 82.3 Å². The number of ether oxygens (including phenoxy) is 8. The summed E-state index contributed by atoms with van der Waals surface area (Å²) in [5.74, 6) is 0. The molecule has 0 fully saturated rings. The molecule has 1 rings (SSSR count). The number of hydrogen-bond donors (Lipinski definition) is 0. The van der Waals surface area contributed by atoms with Gasteiger partial charge in [-0.2, -0.15) is 0 Å². The van der Waals surface area contributed by atoms with Gasteiger partial charge in [0, 0.05) is 42.7 Å². The van der Waals surface area contributed by atoms with Gasteiger partial charge < -0.3 is 37.9 Å². The van der Waals surface area contributed by atoms with Gasteiger partial charge in [0.15, 0.2) is 0 Å². The lowest BCUT2D eigenvalue weighted by Gasteiger charge is -2.31. The fraction of sp³-hybridized carbons (Fsp3) is 0.739. The zero-order valence-corrected chi connectivity index (χ0v) is 20.0. The number of hydrogen-bond acceptors (Lipinski definition) is 8. The molecule has 0 aromatic heterocycles. The molecule has 0 radical (unpaired) electrons. The maximum absolute atomic E-state index is 5.89. The number of benzene rings is 1. The third-order valence-corrected chi connectivity index (χ3v) is 4.81. The Balaban J connectivity index is 2.64. The first-order valence-electron chi connectivity index (χ1n) is 10.3. The molecular formula is C23H40O8. The van der Waals surface area contributed by atoms with Crippen LogP contribution >= 0.6 is 0 Å². The van der Waals surface area contributed by atoms with E-state index in [1.807, 2.05) is 0 Å². The molecule has 0 saturated heterocycles. The molecule has 0 spiro atoms. The van der Waals surface area contributed by atoms with Crippen molar-refractivity contribution < 1.29 is 37.9 Å². The van der Waals surface area contributed by atoms with Crippen LogP contribution in [0.4, 0.5) is 0 Å². The van der Waals surface area contributed by atoms with E-state index in [0.717, 1.165) is 22.3 Å². The summed E-state index contributed by atoms with van der Waals surface area (Å²) in [6.07, 6.45) is 0. The second-order valence-electron chi connectivity index (χ2n) is 7.59. The van der Waals surface area contributed by atoms with Gasteiger partial charge in [-0.3, -0.25) is 0 Å². The first-order chi connectivity index (χ1) is 15.1. The standard InChI is InChI=1S/C23H40O8/c1-24-11-19-9-21(13-26-3)22(10-20(19)12-25-2)14-30-7-8-31-18-23(15-27-4,16-28-5)17-29-6/h9-10H,7-8,11-18H2,1-6H3. The summed E-state index contributed by atoms with van der Waals surface area (Å²) in [5.41, 5.74) is 3.99. The largest absolute Gasteiger partial charge is 0.384 e. The summed E-state index contributed by atoms with van der Waals surface area (Å²) in [6, 6.07) is 4.21. The lowest BCUT2D eigenvalue weighted by Crippen LogP contribution is -2.41. The van der Waals surface area contributed by atoms with E-state index in [-0.39, 0.29) is 5.41 Å². The Morgan fingerprint density at radius 1 is 0.484 bits per heavy atom. The van der Waals surface area contributed by atoms with Crippen molar-refractivity contribution in [3.8, 4) is 0 Å². The Morgan fingerprint density at radius 3 is 1.26 bits per heavy atom. The quantitative estimate of drug-likeness (QED) is 0.302. The smallest absolute Gasteiger partial charge is 0.0721 e. The van der Waals surface area contributed by atoms with Crippen LogP contribution in [0.3, 0.4) is 0 Å². The van der Waals surface area contributed by atoms with E-state index in [0.29, 0.717) is 66.1 Å². The zero-order chi connectivity index (χ0) is 23.0. The van der Waals surface area contributed by atoms with Gasteiger partial charge in [0.1, 0.15) is 0 Å². The van der Waals surface area contributed by atoms with Crippen LogP contribution in [-0.4, -0.2) is 82.3 Å². The molecule has 0 aliphatic carbocycles. The maximum atomic E-state index is 5.89. The van der Waals surface area contributed by atoms with Crippen LogP contribution in [0.2, 0.25) is 0 Å². The maximum Gasteiger partial charge on any atom is 0.0721 e. The lowest BCUT2D eigenvalue weighted by atomic mass is 9.92. The Kier molecular flexibility index (Phi) is 14.9. The molecule has 0 saturated carbocycles. The fourth-order valence-electron chi connectivity index (χ4n) is 3.55. The molecule has 0 aliphatic heterocycles. The highest BCUT2D eigenvalue weighted by Gasteiger charge is 2.31. The van der Waals surface area contributed by atoms with Crippen molar-refractivity contribution in [2.24, 2.45) is 5.41 Å². The molecule has 0 bridgehead atoms. The van der Waals surface area contributed by atoms with Crippen LogP contribution in [0.15, 0.2) is 12.1 Å². The Hall–Kier alpha value is -1.10. The minimum Gasteiger partial charge on any atom is -0.384 e. The summed E-state index contributed by atoms with van der Waals surface area (Å²) in [7, 11) is 10.0. The molecule has 0 unspecified atom stereocenters. The SMILES string of the molecule is COCc1cc(COC)c(COCCOCC(COC)(COC)COC)cc1COC. The fourth-order valence-corrected chi connectivity index (χ4v) is 3.55. The van der Waals surface area contributed by atoms with Gasteiger partial charge in [-0.25, -0.2) is 0 Å². The lowest BCUT2D eigenvalue weighted by molar-refractivity contribution is -0.0912. The summed E-state index contributed by atoms with van der Waals surface area (Å²) < 4.78 is 43.8. The molecule has 0 heterocycles. The predicted octanol–water partition coefficient (Wildman–Crippen LogP) is 2.58. The third kappa shape index (κ3) is 9.93. The van der Waals surface area contributed by atoms with Crippen LogP contribution in [0, 0.1) is 5.41 Å². The van der Waals surface area contributed by atoms with Crippen LogP contribution in [0.5, 0.6) is 0 Å². The first kappa shape index (κ1) is 27.9. The molecule has 31 heavy (non-hydrogen) atoms. The molecule has 0 aliphatic rings. The average Bonchev–Trinajstić information content (AvgIpc) is 2.74. The molecular weight excluding hydrogens is 404 g/mol. The summed E-state index contributed by atoms with van der Waals surface area (Å²) in [4.78, 5) is 0. The molecule has 0 amide bonds. The first-order valence-corrected chi connectivity index (χ1v) is 10.3. The third-order valence-electron chi connectivity index (χ3n) is 4.81. The van der Waals surface area contributed by atoms with Crippen molar-refractivity contribution in [3.05, 3.63) is 34.4 Å². The average molecular weight is 445 g/mol. The highest BCUT2D eigenvalue weighted by atomic mass is 16.5. The van der Waals surface area contributed by atoms with E-state index >= 15 is 0 Å². The Morgan fingerprint density at radius 2 is 0.871 bits per heavy atom. The number of methoxy groups -OCH3 is 6. The van der Waals surface area contributed by atoms with Gasteiger partial charge in [0.2, 0.25) is 0 Å². The molecule has 1 aromatic carbocycles. The van der Waals surface area contributed by atoms with Gasteiger partial charge >= 0.3 is 0 Å². The van der Waals surface area contributed by atoms with E-state index in [1.165, 1.54) is 0 Å². The Bertz CT molecular complexity index is 576. The molecule has 0 N–H and O–H groups in total. The minimum atomic E-state index is -0.337. The minimum absolute atomic E-state index is 0.337. The topological polar surface area (TPSA) is 73.8 Å². The van der Waals surface area contributed by atoms with Crippen LogP contribution < -0.4 is 0 Å². The van der Waals surface area contributed by atoms with Gasteiger partial charge in [-0.1, -0.05) is 12.1 Å². The van der Waals surface area contributed by atoms with Gasteiger partial charge in [-0.05, 0) is 22.3 Å². The van der Waals surface area contributed by atoms with E-state index in [4.69, 9.17) is 37.9 Å². The molecule has 1 aromatic rings. The van der Waals surface area contributed by atoms with Crippen LogP contribution in [-0.2, 0) is 64.3 Å². The highest BCUT2D eigenvalue weighted by Crippen LogP contribution is 2.22. The predicted molar refractivity (Wildman–Crippen MR) is 117 cm³/mol. The summed E-state index contributed by atoms with van der Waals surface area (Å²) in [5, 5.41) is 0. The monoisotopic (exact) mass is 444 g/mol. The van der Waals surface area contributed by atoms with Gasteiger partial charge in [0.25, 0.3) is 0 Å². The van der Waals surface area contributed by atoms with Crippen molar-refractivity contribution >= 4 is 0 Å². The van der Waals surface area contributed by atoms with Crippen molar-refractivity contribution in [1.82, 2.24) is 0 Å². The van der Waals surface area contributed by atoms with Crippen LogP contribution in [0.25, 0.3) is 0 Å². The van der Waals surface area contributed by atoms with Crippen molar-refractivity contribution in [1.29, 1.82) is 0 Å².